The number of carbonyl (C=O) groups is 2. The maximum atomic E-state index is 12.4. The number of nitrogens with two attached hydrogens (primary N) is 1. The molecule has 2 rings (SSSR count). The molecule has 0 saturated heterocycles. The van der Waals surface area contributed by atoms with Crippen molar-refractivity contribution in [3.05, 3.63) is 30.3 Å². The predicted octanol–water partition coefficient (Wildman–Crippen LogP) is 1.70. The number of nitrogens with one attached hydrogen (secondary N) is 2. The monoisotopic (exact) mass is 355 g/mol. The molecule has 0 bridgehead atoms. The molecule has 6 nitrogen and oxygen atoms in total. The van der Waals surface area contributed by atoms with Crippen molar-refractivity contribution >= 4 is 29.9 Å². The first-order valence-corrected chi connectivity index (χ1v) is 7.85. The van der Waals surface area contributed by atoms with E-state index in [-0.39, 0.29) is 36.9 Å². The van der Waals surface area contributed by atoms with Gasteiger partial charge in [0.25, 0.3) is 0 Å². The molecule has 0 heterocycles. The van der Waals surface area contributed by atoms with E-state index in [1.807, 2.05) is 39.0 Å². The lowest BCUT2D eigenvalue weighted by atomic mass is 9.54. The van der Waals surface area contributed by atoms with Gasteiger partial charge in [0.1, 0.15) is 5.54 Å². The third-order valence-electron chi connectivity index (χ3n) is 4.70. The molecule has 0 aromatic heterocycles. The quantitative estimate of drug-likeness (QED) is 0.724. The predicted molar refractivity (Wildman–Crippen MR) is 96.1 cm³/mol. The molecule has 2 atom stereocenters. The maximum absolute atomic E-state index is 12.4. The second kappa shape index (κ2) is 7.96. The summed E-state index contributed by atoms with van der Waals surface area (Å²) in [6.45, 7) is 6.23. The van der Waals surface area contributed by atoms with Gasteiger partial charge >= 0.3 is 0 Å². The Morgan fingerprint density at radius 1 is 1.29 bits per heavy atom. The summed E-state index contributed by atoms with van der Waals surface area (Å²) in [5, 5.41) is 5.35. The second-order valence-electron chi connectivity index (χ2n) is 6.44. The number of hydrogen-bond acceptors (Lipinski definition) is 4. The molecule has 24 heavy (non-hydrogen) atoms. The number of ether oxygens (including phenoxy) is 1. The number of para-hydroxylation sites is 1. The van der Waals surface area contributed by atoms with E-state index in [4.69, 9.17) is 10.5 Å². The number of halogens is 1. The van der Waals surface area contributed by atoms with Crippen molar-refractivity contribution in [1.29, 1.82) is 0 Å². The minimum atomic E-state index is -1.01. The van der Waals surface area contributed by atoms with Gasteiger partial charge in [-0.2, -0.15) is 0 Å². The lowest BCUT2D eigenvalue weighted by molar-refractivity contribution is -0.170. The van der Waals surface area contributed by atoms with Crippen LogP contribution in [-0.4, -0.2) is 36.6 Å². The molecule has 7 heteroatoms. The van der Waals surface area contributed by atoms with Gasteiger partial charge in [-0.15, -0.1) is 12.4 Å². The van der Waals surface area contributed by atoms with Gasteiger partial charge in [-0.25, -0.2) is 0 Å². The van der Waals surface area contributed by atoms with Crippen LogP contribution in [0.3, 0.4) is 0 Å². The van der Waals surface area contributed by atoms with Crippen molar-refractivity contribution in [3.63, 3.8) is 0 Å². The van der Waals surface area contributed by atoms with Crippen LogP contribution in [0.2, 0.25) is 0 Å². The van der Waals surface area contributed by atoms with E-state index < -0.39 is 11.0 Å². The van der Waals surface area contributed by atoms with Crippen LogP contribution in [0.4, 0.5) is 5.69 Å². The summed E-state index contributed by atoms with van der Waals surface area (Å²) in [6.07, 6.45) is 0.418. The summed E-state index contributed by atoms with van der Waals surface area (Å²) in [5.41, 5.74) is 5.47. The fourth-order valence-corrected chi connectivity index (χ4v) is 2.87. The third-order valence-corrected chi connectivity index (χ3v) is 4.70. The number of hydrogen-bond donors (Lipinski definition) is 3. The molecule has 1 aromatic rings. The summed E-state index contributed by atoms with van der Waals surface area (Å²) in [4.78, 5) is 24.3. The highest BCUT2D eigenvalue weighted by molar-refractivity contribution is 5.96. The maximum Gasteiger partial charge on any atom is 0.243 e. The summed E-state index contributed by atoms with van der Waals surface area (Å²) in [7, 11) is 0. The number of amides is 2. The van der Waals surface area contributed by atoms with Gasteiger partial charge < -0.3 is 21.1 Å². The topological polar surface area (TPSA) is 93.4 Å². The van der Waals surface area contributed by atoms with Gasteiger partial charge in [-0.05, 0) is 19.1 Å². The number of benzene rings is 1. The van der Waals surface area contributed by atoms with Crippen LogP contribution in [-0.2, 0) is 14.3 Å². The molecule has 0 spiro atoms. The Kier molecular flexibility index (Phi) is 6.77. The van der Waals surface area contributed by atoms with Crippen LogP contribution in [0, 0.1) is 5.41 Å². The van der Waals surface area contributed by atoms with Gasteiger partial charge in [0.05, 0.1) is 12.6 Å². The van der Waals surface area contributed by atoms with Crippen molar-refractivity contribution in [2.45, 2.75) is 38.8 Å². The largest absolute Gasteiger partial charge is 0.378 e. The molecular formula is C17H26ClN3O3. The van der Waals surface area contributed by atoms with Crippen LogP contribution in [0.25, 0.3) is 0 Å². The Morgan fingerprint density at radius 2 is 1.92 bits per heavy atom. The highest BCUT2D eigenvalue weighted by atomic mass is 35.5. The molecule has 0 aliphatic heterocycles. The minimum Gasteiger partial charge on any atom is -0.378 e. The summed E-state index contributed by atoms with van der Waals surface area (Å²) in [5.74, 6) is -0.603. The molecule has 1 fully saturated rings. The molecule has 134 valence electrons. The van der Waals surface area contributed by atoms with Crippen LogP contribution in [0.5, 0.6) is 0 Å². The zero-order valence-corrected chi connectivity index (χ0v) is 15.1. The third kappa shape index (κ3) is 3.88. The molecule has 1 aliphatic carbocycles. The molecule has 0 radical (unpaired) electrons. The lowest BCUT2D eigenvalue weighted by Gasteiger charge is -2.57. The van der Waals surface area contributed by atoms with E-state index >= 15 is 0 Å². The van der Waals surface area contributed by atoms with Crippen molar-refractivity contribution in [3.8, 4) is 0 Å². The highest BCUT2D eigenvalue weighted by Gasteiger charge is 2.62. The summed E-state index contributed by atoms with van der Waals surface area (Å²) >= 11 is 0. The molecule has 2 unspecified atom stereocenters. The normalized spacial score (nSPS) is 24.2. The van der Waals surface area contributed by atoms with Crippen LogP contribution in [0.1, 0.15) is 27.2 Å². The molecule has 4 N–H and O–H groups in total. The van der Waals surface area contributed by atoms with Crippen molar-refractivity contribution in [2.75, 3.05) is 18.5 Å². The van der Waals surface area contributed by atoms with Crippen LogP contribution < -0.4 is 16.4 Å². The fourth-order valence-electron chi connectivity index (χ4n) is 2.87. The standard InChI is InChI=1S/C17H25N3O3.ClH/c1-4-23-13-10-17(18,16(13,2)3)15(22)19-11-14(21)20-12-8-6-5-7-9-12;/h5-9,13H,4,10-11,18H2,1-3H3,(H,19,22)(H,20,21);1H. The van der Waals surface area contributed by atoms with Gasteiger partial charge in [0.15, 0.2) is 0 Å². The first kappa shape index (κ1) is 20.4. The van der Waals surface area contributed by atoms with Crippen molar-refractivity contribution in [1.82, 2.24) is 5.32 Å². The van der Waals surface area contributed by atoms with Crippen LogP contribution >= 0.6 is 12.4 Å². The SMILES string of the molecule is CCOC1CC(N)(C(=O)NCC(=O)Nc2ccccc2)C1(C)C.Cl. The Hall–Kier alpha value is -1.63. The van der Waals surface area contributed by atoms with Gasteiger partial charge in [-0.3, -0.25) is 9.59 Å². The summed E-state index contributed by atoms with van der Waals surface area (Å²) < 4.78 is 5.60. The van der Waals surface area contributed by atoms with E-state index in [2.05, 4.69) is 10.6 Å². The van der Waals surface area contributed by atoms with Gasteiger partial charge in [-0.1, -0.05) is 32.0 Å². The Morgan fingerprint density at radius 3 is 2.46 bits per heavy atom. The zero-order valence-electron chi connectivity index (χ0n) is 14.3. The minimum absolute atomic E-state index is 0. The van der Waals surface area contributed by atoms with Crippen molar-refractivity contribution in [2.24, 2.45) is 11.1 Å². The number of carbonyl (C=O) groups excluding carboxylic acids is 2. The highest BCUT2D eigenvalue weighted by Crippen LogP contribution is 2.49. The molecule has 2 amide bonds. The number of anilines is 1. The van der Waals surface area contributed by atoms with E-state index in [0.717, 1.165) is 0 Å². The summed E-state index contributed by atoms with van der Waals surface area (Å²) in [6, 6.07) is 9.09. The van der Waals surface area contributed by atoms with E-state index in [1.165, 1.54) is 0 Å². The fraction of sp³-hybridized carbons (Fsp3) is 0.529. The van der Waals surface area contributed by atoms with Gasteiger partial charge in [0, 0.05) is 24.1 Å². The Balaban J connectivity index is 0.00000288. The van der Waals surface area contributed by atoms with E-state index in [1.54, 1.807) is 12.1 Å². The first-order valence-electron chi connectivity index (χ1n) is 7.85. The Bertz CT molecular complexity index is 580. The van der Waals surface area contributed by atoms with Gasteiger partial charge in [0.2, 0.25) is 11.8 Å². The first-order chi connectivity index (χ1) is 10.8. The molecule has 1 aromatic carbocycles. The second-order valence-corrected chi connectivity index (χ2v) is 6.44. The lowest BCUT2D eigenvalue weighted by Crippen LogP contribution is -2.76. The van der Waals surface area contributed by atoms with Crippen LogP contribution in [0.15, 0.2) is 30.3 Å². The average Bonchev–Trinajstić information content (AvgIpc) is 2.53. The smallest absolute Gasteiger partial charge is 0.243 e. The van der Waals surface area contributed by atoms with E-state index in [9.17, 15) is 9.59 Å². The number of rotatable bonds is 6. The van der Waals surface area contributed by atoms with Crippen molar-refractivity contribution < 1.29 is 14.3 Å². The molecule has 1 aliphatic rings. The van der Waals surface area contributed by atoms with E-state index in [0.29, 0.717) is 18.7 Å². The Labute approximate surface area is 148 Å². The molecular weight excluding hydrogens is 330 g/mol. The zero-order chi connectivity index (χ0) is 17.1. The average molecular weight is 356 g/mol. The molecule has 1 saturated carbocycles.